The fraction of sp³-hybridized carbons (Fsp3) is 0.520. The van der Waals surface area contributed by atoms with Gasteiger partial charge in [-0.05, 0) is 50.7 Å². The summed E-state index contributed by atoms with van der Waals surface area (Å²) in [5.74, 6) is -3.02. The van der Waals surface area contributed by atoms with Crippen molar-refractivity contribution in [2.75, 3.05) is 10.6 Å². The van der Waals surface area contributed by atoms with Crippen LogP contribution in [-0.4, -0.2) is 37.4 Å². The average molecular weight is 570 g/mol. The van der Waals surface area contributed by atoms with Gasteiger partial charge in [0.15, 0.2) is 5.65 Å². The second-order valence-corrected chi connectivity index (χ2v) is 11.4. The maximum Gasteiger partial charge on any atom is 0.248 e. The molecule has 2 fully saturated rings. The van der Waals surface area contributed by atoms with Crippen LogP contribution in [0.5, 0.6) is 0 Å². The lowest BCUT2D eigenvalue weighted by atomic mass is 9.73. The fourth-order valence-corrected chi connectivity index (χ4v) is 5.80. The van der Waals surface area contributed by atoms with E-state index in [1.54, 1.807) is 6.20 Å². The summed E-state index contributed by atoms with van der Waals surface area (Å²) in [5.41, 5.74) is 6.00. The number of benzene rings is 1. The molecule has 0 unspecified atom stereocenters. The highest BCUT2D eigenvalue weighted by molar-refractivity contribution is 6.36. The van der Waals surface area contributed by atoms with Gasteiger partial charge in [0.1, 0.15) is 11.3 Å². The second-order valence-electron chi connectivity index (χ2n) is 10.5. The van der Waals surface area contributed by atoms with Gasteiger partial charge in [-0.25, -0.2) is 23.1 Å². The highest BCUT2D eigenvalue weighted by Gasteiger charge is 2.38. The lowest BCUT2D eigenvalue weighted by molar-refractivity contribution is -0.128. The number of nitrogens with zero attached hydrogens (tertiary/aromatic N) is 4. The lowest BCUT2D eigenvalue weighted by Gasteiger charge is -2.35. The molecular weight excluding hydrogens is 542 g/mol. The van der Waals surface area contributed by atoms with E-state index in [4.69, 9.17) is 28.9 Å². The number of halogens is 5. The third kappa shape index (κ3) is 5.36. The molecule has 38 heavy (non-hydrogen) atoms. The summed E-state index contributed by atoms with van der Waals surface area (Å²) in [6.07, 6.45) is 4.14. The van der Waals surface area contributed by atoms with Crippen molar-refractivity contribution in [3.8, 4) is 0 Å². The number of aromatic nitrogens is 4. The molecule has 5 rings (SSSR count). The normalized spacial score (nSPS) is 23.9. The molecule has 0 aliphatic heterocycles. The Kier molecular flexibility index (Phi) is 7.10. The van der Waals surface area contributed by atoms with Gasteiger partial charge in [-0.1, -0.05) is 30.1 Å². The number of fused-ring (bicyclic) bond motifs is 1. The van der Waals surface area contributed by atoms with E-state index in [1.807, 2.05) is 11.5 Å². The smallest absolute Gasteiger partial charge is 0.248 e. The zero-order valence-electron chi connectivity index (χ0n) is 20.7. The topological polar surface area (TPSA) is 111 Å². The van der Waals surface area contributed by atoms with E-state index in [1.165, 1.54) is 6.07 Å². The Balaban J connectivity index is 1.50. The first-order chi connectivity index (χ1) is 17.9. The van der Waals surface area contributed by atoms with Gasteiger partial charge in [0.05, 0.1) is 16.9 Å². The van der Waals surface area contributed by atoms with E-state index in [2.05, 4.69) is 25.6 Å². The van der Waals surface area contributed by atoms with Crippen LogP contribution in [0.1, 0.15) is 64.3 Å². The minimum atomic E-state index is -2.64. The Morgan fingerprint density at radius 3 is 2.42 bits per heavy atom. The van der Waals surface area contributed by atoms with E-state index >= 15 is 0 Å². The summed E-state index contributed by atoms with van der Waals surface area (Å²) in [6, 6.07) is 2.28. The van der Waals surface area contributed by atoms with Gasteiger partial charge in [-0.2, -0.15) is 4.98 Å². The number of amides is 1. The lowest BCUT2D eigenvalue weighted by Crippen LogP contribution is -2.38. The monoisotopic (exact) mass is 569 g/mol. The molecule has 1 amide bonds. The Morgan fingerprint density at radius 2 is 1.79 bits per heavy atom. The summed E-state index contributed by atoms with van der Waals surface area (Å²) < 4.78 is 43.8. The molecule has 2 saturated carbocycles. The standard InChI is InChI=1S/C25H28Cl2F3N7O/c1-24(21(31)38)6-4-15(5-7-24)37-20-18(34-23(37)35-19-16(27)10-13(26)11-17(19)28)12-32-22(36-20)33-14-2-8-25(29,30)9-3-14/h10-12,14-15H,2-9H2,1H3,(H2,31,38)(H,34,35)(H,32,33,36)/t15-,24-. The number of hydrogen-bond acceptors (Lipinski definition) is 6. The summed E-state index contributed by atoms with van der Waals surface area (Å²) in [4.78, 5) is 25.7. The molecule has 3 aromatic rings. The van der Waals surface area contributed by atoms with Crippen molar-refractivity contribution in [1.29, 1.82) is 0 Å². The van der Waals surface area contributed by atoms with Crippen LogP contribution in [0.4, 0.5) is 30.8 Å². The van der Waals surface area contributed by atoms with Crippen LogP contribution in [0, 0.1) is 11.2 Å². The van der Waals surface area contributed by atoms with Crippen molar-refractivity contribution >= 4 is 57.9 Å². The van der Waals surface area contributed by atoms with E-state index in [9.17, 15) is 18.0 Å². The average Bonchev–Trinajstić information content (AvgIpc) is 3.20. The van der Waals surface area contributed by atoms with E-state index < -0.39 is 17.2 Å². The van der Waals surface area contributed by atoms with Crippen molar-refractivity contribution in [3.05, 3.63) is 34.2 Å². The maximum absolute atomic E-state index is 14.8. The predicted octanol–water partition coefficient (Wildman–Crippen LogP) is 6.61. The molecular formula is C25H28Cl2F3N7O. The van der Waals surface area contributed by atoms with Gasteiger partial charge in [0, 0.05) is 35.4 Å². The zero-order chi connectivity index (χ0) is 27.2. The van der Waals surface area contributed by atoms with E-state index in [0.717, 1.165) is 6.07 Å². The van der Waals surface area contributed by atoms with Crippen LogP contribution in [-0.2, 0) is 4.79 Å². The highest BCUT2D eigenvalue weighted by Crippen LogP contribution is 2.43. The molecule has 204 valence electrons. The molecule has 2 aliphatic rings. The molecule has 2 heterocycles. The number of primary amides is 1. The fourth-order valence-electron chi connectivity index (χ4n) is 5.28. The van der Waals surface area contributed by atoms with Crippen molar-refractivity contribution < 1.29 is 18.0 Å². The Hall–Kier alpha value is -2.79. The van der Waals surface area contributed by atoms with E-state index in [0.29, 0.717) is 61.6 Å². The first-order valence-corrected chi connectivity index (χ1v) is 13.3. The number of nitrogens with two attached hydrogens (primary N) is 1. The van der Waals surface area contributed by atoms with Crippen LogP contribution < -0.4 is 16.4 Å². The van der Waals surface area contributed by atoms with Gasteiger partial charge in [0.25, 0.3) is 0 Å². The Bertz CT molecular complexity index is 1340. The maximum atomic E-state index is 14.8. The van der Waals surface area contributed by atoms with Gasteiger partial charge < -0.3 is 16.4 Å². The molecule has 8 nitrogen and oxygen atoms in total. The summed E-state index contributed by atoms with van der Waals surface area (Å²) in [7, 11) is 0. The number of anilines is 3. The molecule has 0 radical (unpaired) electrons. The largest absolute Gasteiger partial charge is 0.369 e. The number of rotatable bonds is 6. The molecule has 1 aromatic carbocycles. The summed E-state index contributed by atoms with van der Waals surface area (Å²) in [6.45, 7) is 1.86. The minimum absolute atomic E-state index is 0.0137. The first-order valence-electron chi connectivity index (χ1n) is 12.5. The number of hydrogen-bond donors (Lipinski definition) is 3. The number of carbonyl (C=O) groups is 1. The Morgan fingerprint density at radius 1 is 1.11 bits per heavy atom. The number of carbonyl (C=O) groups excluding carboxylic acids is 1. The quantitative estimate of drug-likeness (QED) is 0.308. The second kappa shape index (κ2) is 10.1. The van der Waals surface area contributed by atoms with Crippen LogP contribution in [0.2, 0.25) is 10.0 Å². The third-order valence-electron chi connectivity index (χ3n) is 7.75. The summed E-state index contributed by atoms with van der Waals surface area (Å²) in [5, 5.41) is 6.42. The van der Waals surface area contributed by atoms with Gasteiger partial charge in [-0.3, -0.25) is 9.36 Å². The van der Waals surface area contributed by atoms with Crippen molar-refractivity contribution in [3.63, 3.8) is 0 Å². The molecule has 0 spiro atoms. The zero-order valence-corrected chi connectivity index (χ0v) is 22.2. The minimum Gasteiger partial charge on any atom is -0.369 e. The molecule has 0 bridgehead atoms. The molecule has 2 aliphatic carbocycles. The molecule has 13 heteroatoms. The predicted molar refractivity (Wildman–Crippen MR) is 141 cm³/mol. The van der Waals surface area contributed by atoms with E-state index in [-0.39, 0.29) is 46.6 Å². The van der Waals surface area contributed by atoms with Crippen molar-refractivity contribution in [1.82, 2.24) is 19.5 Å². The van der Waals surface area contributed by atoms with Crippen molar-refractivity contribution in [2.24, 2.45) is 11.1 Å². The summed E-state index contributed by atoms with van der Waals surface area (Å²) >= 11 is 12.2. The number of nitrogens with one attached hydrogen (secondary N) is 2. The molecule has 2 aromatic heterocycles. The number of imidazole rings is 1. The molecule has 0 saturated heterocycles. The highest BCUT2D eigenvalue weighted by atomic mass is 35.5. The molecule has 0 atom stereocenters. The number of alkyl halides is 2. The Labute approximate surface area is 227 Å². The van der Waals surface area contributed by atoms with Crippen LogP contribution in [0.3, 0.4) is 0 Å². The SMILES string of the molecule is C[C@]1(C(N)=O)CC[C@H](n2c(Nc3c(F)cc(Cl)cc3Cl)nc3cnc(NC4CCC(F)(F)CC4)nc32)CC1. The van der Waals surface area contributed by atoms with Gasteiger partial charge >= 0.3 is 0 Å². The molecule has 4 N–H and O–H groups in total. The van der Waals surface area contributed by atoms with Crippen LogP contribution in [0.25, 0.3) is 11.2 Å². The van der Waals surface area contributed by atoms with Crippen molar-refractivity contribution in [2.45, 2.75) is 76.3 Å². The first kappa shape index (κ1) is 26.8. The van der Waals surface area contributed by atoms with Crippen LogP contribution in [0.15, 0.2) is 18.3 Å². The van der Waals surface area contributed by atoms with Crippen LogP contribution >= 0.6 is 23.2 Å². The third-order valence-corrected chi connectivity index (χ3v) is 8.26. The van der Waals surface area contributed by atoms with Gasteiger partial charge in [0.2, 0.25) is 23.7 Å². The van der Waals surface area contributed by atoms with Gasteiger partial charge in [-0.15, -0.1) is 0 Å².